The number of rotatable bonds is 12. The van der Waals surface area contributed by atoms with Gasteiger partial charge in [0.15, 0.2) is 20.5 Å². The number of ether oxygens (including phenoxy) is 2. The summed E-state index contributed by atoms with van der Waals surface area (Å²) >= 11 is 4.86. The number of carbonyl (C=O) groups is 7. The molecule has 0 aliphatic carbocycles. The Morgan fingerprint density at radius 2 is 1.00 bits per heavy atom. The highest BCUT2D eigenvalue weighted by Crippen LogP contribution is 2.31. The summed E-state index contributed by atoms with van der Waals surface area (Å²) in [6.07, 6.45) is 5.84. The smallest absolute Gasteiger partial charge is 0.413 e. The van der Waals surface area contributed by atoms with Crippen LogP contribution in [0, 0.1) is 46.5 Å². The van der Waals surface area contributed by atoms with Gasteiger partial charge in [-0.2, -0.15) is 10.2 Å². The number of hydrazone groups is 2. The van der Waals surface area contributed by atoms with Gasteiger partial charge in [-0.3, -0.25) is 35.1 Å². The summed E-state index contributed by atoms with van der Waals surface area (Å²) < 4.78 is 113. The molecule has 4 aromatic heterocycles. The Balaban J connectivity index is 0.000000217. The first-order valence-electron chi connectivity index (χ1n) is 28.2. The third-order valence-corrected chi connectivity index (χ3v) is 14.9. The van der Waals surface area contributed by atoms with E-state index in [-0.39, 0.29) is 65.2 Å². The molecule has 0 radical (unpaired) electrons. The fraction of sp³-hybridized carbons (Fsp3) is 0.274. The van der Waals surface area contributed by atoms with Gasteiger partial charge in [0.2, 0.25) is 11.8 Å². The van der Waals surface area contributed by atoms with Crippen LogP contribution in [0.2, 0.25) is 0 Å². The summed E-state index contributed by atoms with van der Waals surface area (Å²) in [6.45, 7) is 10.6. The highest BCUT2D eigenvalue weighted by Gasteiger charge is 2.25. The van der Waals surface area contributed by atoms with E-state index in [4.69, 9.17) is 20.3 Å². The molecule has 7 N–H and O–H groups in total. The number of halogens is 8. The number of hydrogen-bond acceptors (Lipinski definition) is 21. The van der Waals surface area contributed by atoms with Crippen LogP contribution in [0.4, 0.5) is 65.2 Å². The molecule has 4 aromatic carbocycles. The Bertz CT molecular complexity index is 4040. The molecule has 1 atom stereocenters. The molecule has 97 heavy (non-hydrogen) atoms. The zero-order valence-corrected chi connectivity index (χ0v) is 55.9. The maximum Gasteiger partial charge on any atom is 0.413 e. The van der Waals surface area contributed by atoms with Crippen molar-refractivity contribution in [2.24, 2.45) is 10.2 Å². The number of anilines is 4. The van der Waals surface area contributed by atoms with E-state index in [0.717, 1.165) is 73.6 Å². The van der Waals surface area contributed by atoms with Gasteiger partial charge in [-0.15, -0.1) is 34.0 Å². The standard InChI is InChI=1S/C16H14F2N4O2S.C15H16F2N2O3S.C10H8F2N2S.C8H12N2O2S.C7H4F2O.C6H8N2O3/c1-22-14(23)3-2-13(21-22)15(24)20-16-19-8-12(25-16)6-9-4-10(17)7-11(18)5-9;1-15(2,3)22-14(21)19-13-18-7-11(23-13)12(20)8-4-9(16)6-10(17)5-8;11-7-1-6(2-8(12)4-7)3-9-5-14-10(13)15-9;1-8(2,3)12-7(11)10-6-9-4-5-13-6;8-6-1-5(4-10)2-7(9)3-6;1-8-5(9)3-2-4(7-8)6(10)11/h4-5,7-8H,2-3,6H2,1H3,(H,19,20,24);4-7,12,20H,1-3H3,(H,18,19,21);1-2,4-5H,3H2,(H2,13,14);4-5H,1-3H3,(H,9,10,11);1-4H;2-3H2,1H3,(H,10,11). The molecule has 2 aliphatic heterocycles. The van der Waals surface area contributed by atoms with Crippen LogP contribution in [-0.4, -0.2) is 119 Å². The van der Waals surface area contributed by atoms with Crippen LogP contribution in [0.25, 0.3) is 0 Å². The maximum absolute atomic E-state index is 13.2. The molecule has 516 valence electrons. The van der Waals surface area contributed by atoms with E-state index in [9.17, 15) is 73.8 Å². The Labute approximate surface area is 564 Å². The topological polar surface area (TPSA) is 323 Å². The first-order valence-corrected chi connectivity index (χ1v) is 31.5. The highest BCUT2D eigenvalue weighted by atomic mass is 32.1. The lowest BCUT2D eigenvalue weighted by Crippen LogP contribution is -2.34. The number of hydrogen-bond donors (Lipinski definition) is 6. The fourth-order valence-electron chi connectivity index (χ4n) is 7.58. The zero-order valence-electron chi connectivity index (χ0n) is 52.6. The van der Waals surface area contributed by atoms with Crippen LogP contribution < -0.4 is 21.7 Å². The lowest BCUT2D eigenvalue weighted by molar-refractivity contribution is -0.132. The number of nitrogens with two attached hydrogens (primary N) is 1. The minimum Gasteiger partial charge on any atom is -0.477 e. The quantitative estimate of drug-likeness (QED) is 0.0489. The summed E-state index contributed by atoms with van der Waals surface area (Å²) in [5, 5.41) is 39.3. The number of nitrogens with one attached hydrogen (secondary N) is 3. The molecule has 5 amide bonds. The van der Waals surface area contributed by atoms with Crippen LogP contribution in [0.15, 0.2) is 113 Å². The van der Waals surface area contributed by atoms with Gasteiger partial charge in [0.25, 0.3) is 5.91 Å². The number of aldehydes is 1. The van der Waals surface area contributed by atoms with Crippen LogP contribution in [0.1, 0.15) is 115 Å². The van der Waals surface area contributed by atoms with E-state index >= 15 is 0 Å². The number of nitrogen functional groups attached to an aromatic ring is 1. The Morgan fingerprint density at radius 3 is 1.43 bits per heavy atom. The average Bonchev–Trinajstić information content (AvgIpc) is 1.80. The number of thiazole rings is 4. The fourth-order valence-corrected chi connectivity index (χ4v) is 10.5. The summed E-state index contributed by atoms with van der Waals surface area (Å²) in [5.41, 5.74) is 5.77. The predicted octanol–water partition coefficient (Wildman–Crippen LogP) is 12.9. The van der Waals surface area contributed by atoms with Crippen molar-refractivity contribution >= 4 is 119 Å². The van der Waals surface area contributed by atoms with E-state index in [0.29, 0.717) is 56.6 Å². The van der Waals surface area contributed by atoms with Crippen LogP contribution in [-0.2, 0) is 41.5 Å². The molecule has 1 unspecified atom stereocenters. The number of carboxylic acids is 1. The SMILES string of the molecule is CC(C)(C)OC(=O)Nc1ncc(C(O)c2cc(F)cc(F)c2)s1.CC(C)(C)OC(=O)Nc1nccs1.CN1N=C(C(=O)Nc2ncc(Cc3cc(F)cc(F)c3)s2)CCC1=O.CN1N=C(C(=O)O)CCC1=O.Nc1ncc(Cc2cc(F)cc(F)c2)s1.O=Cc1cc(F)cc(F)c1. The number of benzene rings is 4. The molecule has 6 heterocycles. The average molecular weight is 1430 g/mol. The van der Waals surface area contributed by atoms with E-state index in [1.54, 1.807) is 44.7 Å². The van der Waals surface area contributed by atoms with Crippen LogP contribution in [0.5, 0.6) is 0 Å². The van der Waals surface area contributed by atoms with Gasteiger partial charge in [0, 0.05) is 122 Å². The molecule has 0 saturated carbocycles. The van der Waals surface area contributed by atoms with Gasteiger partial charge in [-0.05, 0) is 107 Å². The summed E-state index contributed by atoms with van der Waals surface area (Å²) in [7, 11) is 2.94. The van der Waals surface area contributed by atoms with Crippen molar-refractivity contribution in [3.8, 4) is 0 Å². The molecule has 0 spiro atoms. The number of aliphatic hydroxyl groups excluding tert-OH is 1. The number of aliphatic hydroxyl groups is 1. The van der Waals surface area contributed by atoms with E-state index < -0.39 is 87.9 Å². The molecule has 0 bridgehead atoms. The normalized spacial score (nSPS) is 12.9. The van der Waals surface area contributed by atoms with E-state index in [2.05, 4.69) is 46.1 Å². The summed E-state index contributed by atoms with van der Waals surface area (Å²) in [5.74, 6) is -7.20. The van der Waals surface area contributed by atoms with Gasteiger partial charge in [0.1, 0.15) is 81.6 Å². The van der Waals surface area contributed by atoms with Gasteiger partial charge in [0.05, 0.1) is 4.88 Å². The minimum absolute atomic E-state index is 0.0116. The Hall–Kier alpha value is -9.97. The number of amides is 5. The largest absolute Gasteiger partial charge is 0.477 e. The highest BCUT2D eigenvalue weighted by molar-refractivity contribution is 7.16. The third kappa shape index (κ3) is 28.5. The molecule has 23 nitrogen and oxygen atoms in total. The number of aliphatic carboxylic acids is 1. The van der Waals surface area contributed by atoms with E-state index in [1.165, 1.54) is 78.6 Å². The second-order valence-electron chi connectivity index (χ2n) is 22.0. The Kier molecular flexibility index (Phi) is 29.0. The number of carboxylic acid groups (broad SMARTS) is 1. The van der Waals surface area contributed by atoms with Gasteiger partial charge >= 0.3 is 18.2 Å². The second-order valence-corrected chi connectivity index (χ2v) is 26.2. The third-order valence-electron chi connectivity index (χ3n) is 11.5. The second kappa shape index (κ2) is 36.2. The molecule has 2 aliphatic rings. The molecule has 0 fully saturated rings. The van der Waals surface area contributed by atoms with E-state index in [1.807, 2.05) is 20.8 Å². The van der Waals surface area contributed by atoms with Crippen LogP contribution in [0.3, 0.4) is 0 Å². The molecular weight excluding hydrogens is 1370 g/mol. The number of aromatic nitrogens is 4. The predicted molar refractivity (Wildman–Crippen MR) is 348 cm³/mol. The Morgan fingerprint density at radius 1 is 0.577 bits per heavy atom. The van der Waals surface area contributed by atoms with Crippen molar-refractivity contribution in [3.63, 3.8) is 0 Å². The molecule has 0 saturated heterocycles. The van der Waals surface area contributed by atoms with Crippen molar-refractivity contribution in [1.29, 1.82) is 0 Å². The summed E-state index contributed by atoms with van der Waals surface area (Å²) in [4.78, 5) is 95.2. The molecule has 10 rings (SSSR count). The zero-order chi connectivity index (χ0) is 71.9. The van der Waals surface area contributed by atoms with Gasteiger partial charge in [-0.1, -0.05) is 11.3 Å². The van der Waals surface area contributed by atoms with Crippen molar-refractivity contribution < 1.29 is 88.4 Å². The molecule has 35 heteroatoms. The van der Waals surface area contributed by atoms with Crippen molar-refractivity contribution in [1.82, 2.24) is 30.0 Å². The summed E-state index contributed by atoms with van der Waals surface area (Å²) in [6, 6.07) is 12.2. The van der Waals surface area contributed by atoms with Gasteiger partial charge in [-0.25, -0.2) is 79.5 Å². The lowest BCUT2D eigenvalue weighted by Gasteiger charge is -2.18. The molecular formula is C62H62F8N12O11S4. The van der Waals surface area contributed by atoms with Crippen molar-refractivity contribution in [2.45, 2.75) is 97.4 Å². The monoisotopic (exact) mass is 1430 g/mol. The number of carbonyl (C=O) groups excluding carboxylic acids is 6. The maximum atomic E-state index is 13.2. The van der Waals surface area contributed by atoms with Crippen molar-refractivity contribution in [2.75, 3.05) is 35.8 Å². The minimum atomic E-state index is -1.24. The molecule has 8 aromatic rings. The van der Waals surface area contributed by atoms with Gasteiger partial charge < -0.3 is 25.4 Å². The number of nitrogens with zero attached hydrogens (tertiary/aromatic N) is 8. The van der Waals surface area contributed by atoms with Crippen molar-refractivity contribution in [3.05, 3.63) is 186 Å². The first kappa shape index (κ1) is 77.7. The first-order chi connectivity index (χ1) is 45.5. The van der Waals surface area contributed by atoms with Crippen LogP contribution >= 0.6 is 45.3 Å². The lowest BCUT2D eigenvalue weighted by atomic mass is 10.1.